The maximum absolute atomic E-state index is 11.7. The number of hydrogen-bond donors (Lipinski definition) is 0. The average Bonchev–Trinajstić information content (AvgIpc) is 3.11. The van der Waals surface area contributed by atoms with E-state index in [1.165, 1.54) is 0 Å². The van der Waals surface area contributed by atoms with Crippen molar-refractivity contribution in [1.29, 1.82) is 5.26 Å². The molecule has 0 spiro atoms. The molecule has 25 heavy (non-hydrogen) atoms. The van der Waals surface area contributed by atoms with E-state index in [0.717, 1.165) is 50.9 Å². The fourth-order valence-corrected chi connectivity index (χ4v) is 4.35. The number of nitriles is 1. The number of ether oxygens (including phenoxy) is 1. The van der Waals surface area contributed by atoms with Crippen LogP contribution in [0.25, 0.3) is 0 Å². The summed E-state index contributed by atoms with van der Waals surface area (Å²) in [5.41, 5.74) is 0.486. The quantitative estimate of drug-likeness (QED) is 0.770. The minimum atomic E-state index is -0.429. The minimum Gasteiger partial charge on any atom is -0.466 e. The molecule has 0 radical (unpaired) electrons. The molecule has 134 valence electrons. The lowest BCUT2D eigenvalue weighted by atomic mass is 9.71. The number of aromatic nitrogens is 1. The zero-order valence-corrected chi connectivity index (χ0v) is 15.0. The summed E-state index contributed by atoms with van der Waals surface area (Å²) in [5, 5.41) is 9.78. The van der Waals surface area contributed by atoms with Gasteiger partial charge < -0.3 is 9.64 Å². The SMILES string of the molecule is CCOC(=O)C[C@H]1CCN(C2CCC(C#N)(c3ccccn3)CC2)C1. The lowest BCUT2D eigenvalue weighted by molar-refractivity contribution is -0.144. The molecule has 0 amide bonds. The number of rotatable bonds is 5. The number of hydrogen-bond acceptors (Lipinski definition) is 5. The zero-order chi connectivity index (χ0) is 17.7. The van der Waals surface area contributed by atoms with Gasteiger partial charge in [0.15, 0.2) is 0 Å². The van der Waals surface area contributed by atoms with Crippen LogP contribution in [-0.4, -0.2) is 41.6 Å². The molecular weight excluding hydrogens is 314 g/mol. The molecule has 0 N–H and O–H groups in total. The van der Waals surface area contributed by atoms with Crippen molar-refractivity contribution in [3.05, 3.63) is 30.1 Å². The zero-order valence-electron chi connectivity index (χ0n) is 15.0. The summed E-state index contributed by atoms with van der Waals surface area (Å²) in [7, 11) is 0. The molecule has 0 unspecified atom stereocenters. The van der Waals surface area contributed by atoms with Gasteiger partial charge in [0, 0.05) is 25.2 Å². The van der Waals surface area contributed by atoms with Gasteiger partial charge in [-0.25, -0.2) is 0 Å². The van der Waals surface area contributed by atoms with Gasteiger partial charge in [-0.15, -0.1) is 0 Å². The fraction of sp³-hybridized carbons (Fsp3) is 0.650. The van der Waals surface area contributed by atoms with Crippen molar-refractivity contribution in [2.45, 2.75) is 56.9 Å². The monoisotopic (exact) mass is 341 g/mol. The molecule has 1 aliphatic carbocycles. The van der Waals surface area contributed by atoms with Crippen LogP contribution in [-0.2, 0) is 14.9 Å². The van der Waals surface area contributed by atoms with E-state index in [1.807, 2.05) is 25.1 Å². The van der Waals surface area contributed by atoms with Crippen LogP contribution < -0.4 is 0 Å². The Morgan fingerprint density at radius 1 is 1.40 bits per heavy atom. The Hall–Kier alpha value is -1.93. The second kappa shape index (κ2) is 7.97. The van der Waals surface area contributed by atoms with Crippen LogP contribution in [0.15, 0.2) is 24.4 Å². The summed E-state index contributed by atoms with van der Waals surface area (Å²) in [4.78, 5) is 18.6. The van der Waals surface area contributed by atoms with E-state index in [0.29, 0.717) is 25.0 Å². The highest BCUT2D eigenvalue weighted by molar-refractivity contribution is 5.69. The molecule has 1 saturated carbocycles. The van der Waals surface area contributed by atoms with E-state index in [4.69, 9.17) is 4.74 Å². The molecule has 5 nitrogen and oxygen atoms in total. The highest BCUT2D eigenvalue weighted by Gasteiger charge is 2.41. The number of pyridine rings is 1. The first-order valence-electron chi connectivity index (χ1n) is 9.39. The van der Waals surface area contributed by atoms with Crippen LogP contribution in [0.2, 0.25) is 0 Å². The van der Waals surface area contributed by atoms with Crippen molar-refractivity contribution in [3.8, 4) is 6.07 Å². The van der Waals surface area contributed by atoms with Gasteiger partial charge in [-0.1, -0.05) is 6.07 Å². The number of carbonyl (C=O) groups is 1. The molecule has 2 heterocycles. The maximum atomic E-state index is 11.7. The topological polar surface area (TPSA) is 66.2 Å². The molecular formula is C20H27N3O2. The number of likely N-dealkylation sites (tertiary alicyclic amines) is 1. The molecule has 0 aromatic carbocycles. The van der Waals surface area contributed by atoms with Gasteiger partial charge in [-0.3, -0.25) is 9.78 Å². The van der Waals surface area contributed by atoms with Gasteiger partial charge >= 0.3 is 5.97 Å². The van der Waals surface area contributed by atoms with Gasteiger partial charge in [0.05, 0.1) is 23.8 Å². The number of nitrogens with zero attached hydrogens (tertiary/aromatic N) is 3. The van der Waals surface area contributed by atoms with E-state index < -0.39 is 5.41 Å². The highest BCUT2D eigenvalue weighted by atomic mass is 16.5. The van der Waals surface area contributed by atoms with E-state index in [9.17, 15) is 10.1 Å². The van der Waals surface area contributed by atoms with Crippen molar-refractivity contribution in [3.63, 3.8) is 0 Å². The molecule has 1 aromatic heterocycles. The Morgan fingerprint density at radius 3 is 2.84 bits per heavy atom. The molecule has 1 atom stereocenters. The first-order chi connectivity index (χ1) is 12.2. The standard InChI is InChI=1S/C20H27N3O2/c1-2-25-19(24)13-16-8-12-23(14-16)17-6-9-20(15-21,10-7-17)18-5-3-4-11-22-18/h3-5,11,16-17H,2,6-10,12-14H2,1H3/t16-,17?,20?/m1/s1. The molecule has 2 aliphatic rings. The molecule has 2 fully saturated rings. The predicted molar refractivity (Wildman–Crippen MR) is 94.7 cm³/mol. The summed E-state index contributed by atoms with van der Waals surface area (Å²) in [6.07, 6.45) is 7.16. The van der Waals surface area contributed by atoms with Gasteiger partial charge in [0.25, 0.3) is 0 Å². The third kappa shape index (κ3) is 4.01. The van der Waals surface area contributed by atoms with Crippen LogP contribution in [0.3, 0.4) is 0 Å². The smallest absolute Gasteiger partial charge is 0.306 e. The predicted octanol–water partition coefficient (Wildman–Crippen LogP) is 3.06. The molecule has 1 saturated heterocycles. The second-order valence-electron chi connectivity index (χ2n) is 7.30. The van der Waals surface area contributed by atoms with Gasteiger partial charge in [0.1, 0.15) is 0 Å². The summed E-state index contributed by atoms with van der Waals surface area (Å²) in [5.74, 6) is 0.342. The van der Waals surface area contributed by atoms with Crippen molar-refractivity contribution in [2.75, 3.05) is 19.7 Å². The lowest BCUT2D eigenvalue weighted by Crippen LogP contribution is -2.41. The minimum absolute atomic E-state index is 0.0726. The molecule has 1 aliphatic heterocycles. The first kappa shape index (κ1) is 17.9. The van der Waals surface area contributed by atoms with Crippen LogP contribution in [0, 0.1) is 17.2 Å². The Morgan fingerprint density at radius 2 is 2.20 bits per heavy atom. The Labute approximate surface area is 150 Å². The van der Waals surface area contributed by atoms with Crippen LogP contribution in [0.4, 0.5) is 0 Å². The normalized spacial score (nSPS) is 29.9. The van der Waals surface area contributed by atoms with E-state index in [1.54, 1.807) is 6.20 Å². The second-order valence-corrected chi connectivity index (χ2v) is 7.30. The Balaban J connectivity index is 1.54. The van der Waals surface area contributed by atoms with Gasteiger partial charge in [-0.2, -0.15) is 5.26 Å². The summed E-state index contributed by atoms with van der Waals surface area (Å²) in [6.45, 7) is 4.34. The summed E-state index contributed by atoms with van der Waals surface area (Å²) in [6, 6.07) is 8.92. The van der Waals surface area contributed by atoms with E-state index in [-0.39, 0.29) is 5.97 Å². The maximum Gasteiger partial charge on any atom is 0.306 e. The number of carbonyl (C=O) groups excluding carboxylic acids is 1. The molecule has 0 bridgehead atoms. The lowest BCUT2D eigenvalue weighted by Gasteiger charge is -2.38. The highest BCUT2D eigenvalue weighted by Crippen LogP contribution is 2.40. The van der Waals surface area contributed by atoms with Crippen molar-refractivity contribution in [2.24, 2.45) is 5.92 Å². The third-order valence-corrected chi connectivity index (χ3v) is 5.77. The molecule has 3 rings (SSSR count). The third-order valence-electron chi connectivity index (χ3n) is 5.77. The van der Waals surface area contributed by atoms with Gasteiger partial charge in [-0.05, 0) is 63.6 Å². The fourth-order valence-electron chi connectivity index (χ4n) is 4.35. The molecule has 5 heteroatoms. The van der Waals surface area contributed by atoms with Crippen LogP contribution in [0.5, 0.6) is 0 Å². The average molecular weight is 341 g/mol. The van der Waals surface area contributed by atoms with E-state index >= 15 is 0 Å². The Bertz CT molecular complexity index is 618. The number of esters is 1. The van der Waals surface area contributed by atoms with Crippen molar-refractivity contribution >= 4 is 5.97 Å². The van der Waals surface area contributed by atoms with Crippen molar-refractivity contribution < 1.29 is 9.53 Å². The largest absolute Gasteiger partial charge is 0.466 e. The van der Waals surface area contributed by atoms with Crippen LogP contribution in [0.1, 0.15) is 51.1 Å². The van der Waals surface area contributed by atoms with Crippen molar-refractivity contribution in [1.82, 2.24) is 9.88 Å². The Kier molecular flexibility index (Phi) is 5.70. The molecule has 1 aromatic rings. The van der Waals surface area contributed by atoms with Crippen LogP contribution >= 0.6 is 0 Å². The summed E-state index contributed by atoms with van der Waals surface area (Å²) >= 11 is 0. The van der Waals surface area contributed by atoms with E-state index in [2.05, 4.69) is 16.0 Å². The van der Waals surface area contributed by atoms with Gasteiger partial charge in [0.2, 0.25) is 0 Å². The first-order valence-corrected chi connectivity index (χ1v) is 9.39. The summed E-state index contributed by atoms with van der Waals surface area (Å²) < 4.78 is 5.07.